The molecule has 0 bridgehead atoms. The van der Waals surface area contributed by atoms with Crippen LogP contribution >= 0.6 is 0 Å². The highest BCUT2D eigenvalue weighted by molar-refractivity contribution is 5.50. The summed E-state index contributed by atoms with van der Waals surface area (Å²) in [5, 5.41) is 6.97. The second-order valence-corrected chi connectivity index (χ2v) is 6.97. The standard InChI is InChI=1S/C19H23N7O/c1-24(2)16-11-17(21-13-20-16)25-10-6-7-14(12-25)18-22-23-19(27)26(18)15-8-4-3-5-9-15/h3-5,8-9,11,13-14H,6-7,10,12H2,1-2H3,(H,23,27)/t14-/m1/s1. The third-order valence-corrected chi connectivity index (χ3v) is 4.92. The first-order chi connectivity index (χ1) is 13.1. The minimum absolute atomic E-state index is 0.149. The monoisotopic (exact) mass is 365 g/mol. The molecule has 1 fully saturated rings. The normalized spacial score (nSPS) is 17.1. The van der Waals surface area contributed by atoms with Gasteiger partial charge < -0.3 is 9.80 Å². The number of aromatic amines is 1. The van der Waals surface area contributed by atoms with Crippen LogP contribution in [0.1, 0.15) is 24.6 Å². The number of nitrogens with one attached hydrogen (secondary N) is 1. The summed E-state index contributed by atoms with van der Waals surface area (Å²) in [6.07, 6.45) is 3.60. The van der Waals surface area contributed by atoms with Crippen molar-refractivity contribution in [2.45, 2.75) is 18.8 Å². The Balaban J connectivity index is 1.63. The van der Waals surface area contributed by atoms with Gasteiger partial charge in [-0.2, -0.15) is 5.10 Å². The molecule has 0 saturated carbocycles. The van der Waals surface area contributed by atoms with Gasteiger partial charge in [-0.05, 0) is 25.0 Å². The van der Waals surface area contributed by atoms with Gasteiger partial charge in [-0.3, -0.25) is 0 Å². The van der Waals surface area contributed by atoms with E-state index in [0.717, 1.165) is 49.1 Å². The van der Waals surface area contributed by atoms with Gasteiger partial charge in [-0.15, -0.1) is 0 Å². The summed E-state index contributed by atoms with van der Waals surface area (Å²) < 4.78 is 1.68. The van der Waals surface area contributed by atoms with Crippen molar-refractivity contribution in [2.75, 3.05) is 37.0 Å². The number of hydrogen-bond acceptors (Lipinski definition) is 6. The smallest absolute Gasteiger partial charge is 0.347 e. The molecule has 3 heterocycles. The van der Waals surface area contributed by atoms with Gasteiger partial charge in [0, 0.05) is 39.2 Å². The molecule has 2 aromatic heterocycles. The molecule has 0 amide bonds. The molecular weight excluding hydrogens is 342 g/mol. The van der Waals surface area contributed by atoms with Gasteiger partial charge in [0.2, 0.25) is 0 Å². The molecule has 0 aliphatic carbocycles. The molecule has 1 aliphatic heterocycles. The SMILES string of the molecule is CN(C)c1cc(N2CCC[C@@H](c3n[nH]c(=O)n3-c3ccccc3)C2)ncn1. The Labute approximate surface area is 157 Å². The first-order valence-corrected chi connectivity index (χ1v) is 9.10. The van der Waals surface area contributed by atoms with E-state index in [0.29, 0.717) is 0 Å². The van der Waals surface area contributed by atoms with Crippen LogP contribution in [0.3, 0.4) is 0 Å². The van der Waals surface area contributed by atoms with Crippen molar-refractivity contribution in [1.82, 2.24) is 24.7 Å². The van der Waals surface area contributed by atoms with E-state index in [1.54, 1.807) is 10.9 Å². The second kappa shape index (κ2) is 7.22. The van der Waals surface area contributed by atoms with Crippen LogP contribution in [0.4, 0.5) is 11.6 Å². The van der Waals surface area contributed by atoms with Gasteiger partial charge in [0.15, 0.2) is 0 Å². The topological polar surface area (TPSA) is 82.9 Å². The Hall–Kier alpha value is -3.16. The highest BCUT2D eigenvalue weighted by Crippen LogP contribution is 2.29. The Morgan fingerprint density at radius 3 is 2.78 bits per heavy atom. The van der Waals surface area contributed by atoms with Gasteiger partial charge in [0.1, 0.15) is 23.8 Å². The average molecular weight is 365 g/mol. The predicted molar refractivity (Wildman–Crippen MR) is 105 cm³/mol. The maximum absolute atomic E-state index is 12.4. The van der Waals surface area contributed by atoms with Gasteiger partial charge in [0.05, 0.1) is 5.69 Å². The van der Waals surface area contributed by atoms with Crippen molar-refractivity contribution in [1.29, 1.82) is 0 Å². The number of nitrogens with zero attached hydrogens (tertiary/aromatic N) is 6. The Morgan fingerprint density at radius 1 is 1.19 bits per heavy atom. The second-order valence-electron chi connectivity index (χ2n) is 6.97. The predicted octanol–water partition coefficient (Wildman–Crippen LogP) is 1.80. The highest BCUT2D eigenvalue weighted by atomic mass is 16.1. The number of aromatic nitrogens is 5. The quantitative estimate of drug-likeness (QED) is 0.759. The van der Waals surface area contributed by atoms with Crippen LogP contribution in [0.5, 0.6) is 0 Å². The van der Waals surface area contributed by atoms with Crippen molar-refractivity contribution in [2.24, 2.45) is 0 Å². The molecule has 1 atom stereocenters. The minimum atomic E-state index is -0.203. The number of anilines is 2. The lowest BCUT2D eigenvalue weighted by molar-refractivity contribution is 0.482. The van der Waals surface area contributed by atoms with Crippen LogP contribution in [0, 0.1) is 0 Å². The van der Waals surface area contributed by atoms with E-state index in [9.17, 15) is 4.79 Å². The summed E-state index contributed by atoms with van der Waals surface area (Å²) in [6.45, 7) is 1.70. The fourth-order valence-corrected chi connectivity index (χ4v) is 3.56. The number of H-pyrrole nitrogens is 1. The van der Waals surface area contributed by atoms with Crippen LogP contribution < -0.4 is 15.5 Å². The summed E-state index contributed by atoms with van der Waals surface area (Å²) >= 11 is 0. The minimum Gasteiger partial charge on any atom is -0.363 e. The highest BCUT2D eigenvalue weighted by Gasteiger charge is 2.27. The zero-order valence-corrected chi connectivity index (χ0v) is 15.5. The maximum Gasteiger partial charge on any atom is 0.347 e. The molecule has 8 heteroatoms. The molecule has 27 heavy (non-hydrogen) atoms. The third kappa shape index (κ3) is 3.42. The van der Waals surface area contributed by atoms with Crippen LogP contribution in [0.2, 0.25) is 0 Å². The number of benzene rings is 1. The van der Waals surface area contributed by atoms with E-state index >= 15 is 0 Å². The van der Waals surface area contributed by atoms with Crippen molar-refractivity contribution in [3.05, 3.63) is 59.0 Å². The number of piperidine rings is 1. The van der Waals surface area contributed by atoms with Crippen LogP contribution in [-0.4, -0.2) is 51.9 Å². The van der Waals surface area contributed by atoms with E-state index in [4.69, 9.17) is 0 Å². The fraction of sp³-hybridized carbons (Fsp3) is 0.368. The summed E-state index contributed by atoms with van der Waals surface area (Å²) in [5.41, 5.74) is 0.630. The molecule has 0 unspecified atom stereocenters. The van der Waals surface area contributed by atoms with Gasteiger partial charge in [-0.25, -0.2) is 24.4 Å². The van der Waals surface area contributed by atoms with Crippen molar-refractivity contribution in [3.63, 3.8) is 0 Å². The zero-order valence-electron chi connectivity index (χ0n) is 15.5. The first kappa shape index (κ1) is 17.3. The van der Waals surface area contributed by atoms with E-state index in [-0.39, 0.29) is 11.6 Å². The summed E-state index contributed by atoms with van der Waals surface area (Å²) in [6, 6.07) is 11.6. The molecule has 1 saturated heterocycles. The van der Waals surface area contributed by atoms with E-state index in [1.165, 1.54) is 0 Å². The Morgan fingerprint density at radius 2 is 2.00 bits per heavy atom. The molecular formula is C19H23N7O. The van der Waals surface area contributed by atoms with Crippen molar-refractivity contribution in [3.8, 4) is 5.69 Å². The van der Waals surface area contributed by atoms with E-state index in [2.05, 4.69) is 25.1 Å². The van der Waals surface area contributed by atoms with E-state index < -0.39 is 0 Å². The third-order valence-electron chi connectivity index (χ3n) is 4.92. The van der Waals surface area contributed by atoms with Crippen molar-refractivity contribution < 1.29 is 0 Å². The maximum atomic E-state index is 12.4. The van der Waals surface area contributed by atoms with Crippen LogP contribution in [-0.2, 0) is 0 Å². The zero-order chi connectivity index (χ0) is 18.8. The summed E-state index contributed by atoms with van der Waals surface area (Å²) in [7, 11) is 3.93. The van der Waals surface area contributed by atoms with Gasteiger partial charge in [-0.1, -0.05) is 18.2 Å². The molecule has 8 nitrogen and oxygen atoms in total. The largest absolute Gasteiger partial charge is 0.363 e. The van der Waals surface area contributed by atoms with Crippen molar-refractivity contribution >= 4 is 11.6 Å². The summed E-state index contributed by atoms with van der Waals surface area (Å²) in [5.74, 6) is 2.71. The molecule has 1 N–H and O–H groups in total. The summed E-state index contributed by atoms with van der Waals surface area (Å²) in [4.78, 5) is 25.3. The average Bonchev–Trinajstić information content (AvgIpc) is 3.10. The Kier molecular flexibility index (Phi) is 4.62. The fourth-order valence-electron chi connectivity index (χ4n) is 3.56. The Bertz CT molecular complexity index is 963. The molecule has 1 aromatic carbocycles. The molecule has 3 aromatic rings. The number of hydrogen-bond donors (Lipinski definition) is 1. The van der Waals surface area contributed by atoms with Gasteiger partial charge in [0.25, 0.3) is 0 Å². The molecule has 140 valence electrons. The number of para-hydroxylation sites is 1. The van der Waals surface area contributed by atoms with E-state index in [1.807, 2.05) is 55.4 Å². The van der Waals surface area contributed by atoms with Gasteiger partial charge >= 0.3 is 5.69 Å². The molecule has 4 rings (SSSR count). The first-order valence-electron chi connectivity index (χ1n) is 9.10. The lowest BCUT2D eigenvalue weighted by Gasteiger charge is -2.33. The lowest BCUT2D eigenvalue weighted by atomic mass is 9.97. The molecule has 0 spiro atoms. The number of rotatable bonds is 4. The molecule has 1 aliphatic rings. The lowest BCUT2D eigenvalue weighted by Crippen LogP contribution is -2.36. The molecule has 0 radical (unpaired) electrons. The van der Waals surface area contributed by atoms with Crippen LogP contribution in [0.25, 0.3) is 5.69 Å². The van der Waals surface area contributed by atoms with Crippen LogP contribution in [0.15, 0.2) is 47.5 Å².